The van der Waals surface area contributed by atoms with Crippen molar-refractivity contribution in [2.45, 2.75) is 50.6 Å². The lowest BCUT2D eigenvalue weighted by Gasteiger charge is -2.13. The molecule has 3 aromatic rings. The van der Waals surface area contributed by atoms with E-state index in [-0.39, 0.29) is 16.3 Å². The third-order valence-corrected chi connectivity index (χ3v) is 6.75. The molecule has 0 aliphatic heterocycles. The molecule has 0 saturated carbocycles. The Kier molecular flexibility index (Phi) is 4.98. The molecule has 0 bridgehead atoms. The van der Waals surface area contributed by atoms with Crippen molar-refractivity contribution in [3.8, 4) is 0 Å². The smallest absolute Gasteiger partial charge is 0.250 e. The molecule has 138 valence electrons. The van der Waals surface area contributed by atoms with Gasteiger partial charge in [-0.05, 0) is 12.5 Å². The summed E-state index contributed by atoms with van der Waals surface area (Å²) in [7, 11) is -3.64. The molecular formula is C18H22N4O2S2. The van der Waals surface area contributed by atoms with Gasteiger partial charge in [-0.2, -0.15) is 0 Å². The predicted octanol–water partition coefficient (Wildman–Crippen LogP) is 3.36. The third-order valence-electron chi connectivity index (χ3n) is 3.89. The molecule has 0 amide bonds. The second-order valence-electron chi connectivity index (χ2n) is 7.25. The summed E-state index contributed by atoms with van der Waals surface area (Å²) in [4.78, 5) is 4.49. The first kappa shape index (κ1) is 18.7. The fourth-order valence-corrected chi connectivity index (χ4v) is 4.89. The third kappa shape index (κ3) is 4.02. The molecule has 0 unspecified atom stereocenters. The molecule has 1 aromatic carbocycles. The number of sulfone groups is 1. The zero-order valence-electron chi connectivity index (χ0n) is 15.3. The minimum absolute atomic E-state index is 0.0100. The van der Waals surface area contributed by atoms with Crippen molar-refractivity contribution in [2.75, 3.05) is 0 Å². The summed E-state index contributed by atoms with van der Waals surface area (Å²) in [5.74, 6) is 0.396. The number of nitrogens with zero attached hydrogens (tertiary/aromatic N) is 4. The molecule has 0 aliphatic rings. The Morgan fingerprint density at radius 2 is 1.81 bits per heavy atom. The van der Waals surface area contributed by atoms with Gasteiger partial charge in [0.05, 0.1) is 17.2 Å². The molecule has 0 spiro atoms. The maximum atomic E-state index is 12.9. The fourth-order valence-electron chi connectivity index (χ4n) is 2.52. The molecule has 0 saturated heterocycles. The van der Waals surface area contributed by atoms with Crippen LogP contribution < -0.4 is 0 Å². The Hall–Kier alpha value is -2.06. The summed E-state index contributed by atoms with van der Waals surface area (Å²) in [5, 5.41) is 10.6. The van der Waals surface area contributed by atoms with Crippen molar-refractivity contribution in [3.63, 3.8) is 0 Å². The number of hydrogen-bond donors (Lipinski definition) is 0. The average Bonchev–Trinajstić information content (AvgIpc) is 3.16. The quantitative estimate of drug-likeness (QED) is 0.667. The molecule has 0 atom stereocenters. The van der Waals surface area contributed by atoms with Gasteiger partial charge < -0.3 is 0 Å². The second kappa shape index (κ2) is 6.92. The zero-order chi connectivity index (χ0) is 18.9. The molecule has 8 heteroatoms. The van der Waals surface area contributed by atoms with Gasteiger partial charge in [-0.25, -0.2) is 13.4 Å². The van der Waals surface area contributed by atoms with Crippen molar-refractivity contribution in [3.05, 3.63) is 57.8 Å². The average molecular weight is 391 g/mol. The highest BCUT2D eigenvalue weighted by Gasteiger charge is 2.26. The first-order valence-corrected chi connectivity index (χ1v) is 10.8. The lowest BCUT2D eigenvalue weighted by molar-refractivity contribution is 0.566. The molecule has 6 nitrogen and oxygen atoms in total. The van der Waals surface area contributed by atoms with Gasteiger partial charge in [0, 0.05) is 10.8 Å². The fraction of sp³-hybridized carbons (Fsp3) is 0.389. The first-order valence-electron chi connectivity index (χ1n) is 8.28. The van der Waals surface area contributed by atoms with E-state index in [1.165, 1.54) is 11.3 Å². The van der Waals surface area contributed by atoms with Gasteiger partial charge in [-0.1, -0.05) is 51.1 Å². The Morgan fingerprint density at radius 3 is 2.42 bits per heavy atom. The molecule has 2 heterocycles. The molecule has 0 N–H and O–H groups in total. The van der Waals surface area contributed by atoms with Crippen molar-refractivity contribution in [1.29, 1.82) is 0 Å². The Labute approximate surface area is 157 Å². The number of benzene rings is 1. The van der Waals surface area contributed by atoms with Crippen LogP contribution in [0.25, 0.3) is 0 Å². The minimum atomic E-state index is -3.64. The van der Waals surface area contributed by atoms with E-state index in [0.29, 0.717) is 18.1 Å². The van der Waals surface area contributed by atoms with E-state index in [2.05, 4.69) is 36.0 Å². The summed E-state index contributed by atoms with van der Waals surface area (Å²) in [6, 6.07) is 9.67. The molecule has 0 fully saturated rings. The molecule has 26 heavy (non-hydrogen) atoms. The second-order valence-corrected chi connectivity index (χ2v) is 10.00. The number of rotatable bonds is 5. The highest BCUT2D eigenvalue weighted by atomic mass is 32.2. The van der Waals surface area contributed by atoms with Gasteiger partial charge >= 0.3 is 0 Å². The lowest BCUT2D eigenvalue weighted by atomic mass is 9.98. The van der Waals surface area contributed by atoms with Crippen LogP contribution in [-0.4, -0.2) is 28.2 Å². The Bertz CT molecular complexity index is 999. The van der Waals surface area contributed by atoms with E-state index in [4.69, 9.17) is 0 Å². The van der Waals surface area contributed by atoms with Crippen LogP contribution in [0.4, 0.5) is 0 Å². The summed E-state index contributed by atoms with van der Waals surface area (Å²) in [5.41, 5.74) is 1.44. The van der Waals surface area contributed by atoms with E-state index >= 15 is 0 Å². The zero-order valence-corrected chi connectivity index (χ0v) is 16.9. The van der Waals surface area contributed by atoms with Crippen LogP contribution in [0.15, 0.2) is 40.9 Å². The Morgan fingerprint density at radius 1 is 1.12 bits per heavy atom. The van der Waals surface area contributed by atoms with Crippen molar-refractivity contribution in [1.82, 2.24) is 19.7 Å². The van der Waals surface area contributed by atoms with Gasteiger partial charge in [0.1, 0.15) is 11.6 Å². The van der Waals surface area contributed by atoms with Crippen molar-refractivity contribution in [2.24, 2.45) is 0 Å². The highest BCUT2D eigenvalue weighted by Crippen LogP contribution is 2.27. The van der Waals surface area contributed by atoms with Crippen LogP contribution in [0.3, 0.4) is 0 Å². The number of aryl methyl sites for hydroxylation is 1. The van der Waals surface area contributed by atoms with Crippen molar-refractivity contribution < 1.29 is 8.42 Å². The lowest BCUT2D eigenvalue weighted by Crippen LogP contribution is -2.15. The summed E-state index contributed by atoms with van der Waals surface area (Å²) < 4.78 is 27.5. The van der Waals surface area contributed by atoms with Gasteiger partial charge in [-0.15, -0.1) is 21.5 Å². The number of thiazole rings is 1. The summed E-state index contributed by atoms with van der Waals surface area (Å²) >= 11 is 1.49. The molecule has 0 radical (unpaired) electrons. The Balaban J connectivity index is 1.89. The van der Waals surface area contributed by atoms with Crippen LogP contribution in [-0.2, 0) is 27.5 Å². The van der Waals surface area contributed by atoms with Gasteiger partial charge in [0.25, 0.3) is 0 Å². The minimum Gasteiger partial charge on any atom is -0.298 e. The number of hydrogen-bond acceptors (Lipinski definition) is 6. The summed E-state index contributed by atoms with van der Waals surface area (Å²) in [6.45, 7) is 8.35. The normalized spacial score (nSPS) is 12.5. The van der Waals surface area contributed by atoms with Crippen LogP contribution >= 0.6 is 11.3 Å². The van der Waals surface area contributed by atoms with Crippen LogP contribution in [0, 0.1) is 6.92 Å². The highest BCUT2D eigenvalue weighted by molar-refractivity contribution is 7.90. The van der Waals surface area contributed by atoms with Crippen LogP contribution in [0.5, 0.6) is 0 Å². The maximum absolute atomic E-state index is 12.9. The van der Waals surface area contributed by atoms with E-state index < -0.39 is 9.84 Å². The maximum Gasteiger partial charge on any atom is 0.250 e. The number of aromatic nitrogens is 4. The van der Waals surface area contributed by atoms with E-state index in [9.17, 15) is 8.42 Å². The molecule has 0 aliphatic carbocycles. The largest absolute Gasteiger partial charge is 0.298 e. The summed E-state index contributed by atoms with van der Waals surface area (Å²) in [6.07, 6.45) is 0. The monoisotopic (exact) mass is 390 g/mol. The van der Waals surface area contributed by atoms with E-state index in [1.54, 1.807) is 11.5 Å². The molecule has 3 rings (SSSR count). The van der Waals surface area contributed by atoms with Crippen LogP contribution in [0.2, 0.25) is 0 Å². The topological polar surface area (TPSA) is 77.7 Å². The first-order chi connectivity index (χ1) is 12.2. The van der Waals surface area contributed by atoms with E-state index in [0.717, 1.165) is 10.6 Å². The van der Waals surface area contributed by atoms with Crippen molar-refractivity contribution >= 4 is 21.2 Å². The predicted molar refractivity (Wildman–Crippen MR) is 102 cm³/mol. The molecule has 2 aromatic heterocycles. The van der Waals surface area contributed by atoms with Gasteiger partial charge in [0.15, 0.2) is 0 Å². The SMILES string of the molecule is Cc1nnc(S(=O)(=O)Cc2csc(C(C)(C)C)n2)n1Cc1ccccc1. The standard InChI is InChI=1S/C18H22N4O2S2/c1-13-20-21-17(22(13)10-14-8-6-5-7-9-14)26(23,24)12-15-11-25-16(19-15)18(2,3)4/h5-9,11H,10,12H2,1-4H3. The van der Waals surface area contributed by atoms with E-state index in [1.807, 2.05) is 35.7 Å². The molecular weight excluding hydrogens is 368 g/mol. The van der Waals surface area contributed by atoms with Gasteiger partial charge in [0.2, 0.25) is 15.0 Å². The van der Waals surface area contributed by atoms with Crippen LogP contribution in [0.1, 0.15) is 42.9 Å². The van der Waals surface area contributed by atoms with Gasteiger partial charge in [-0.3, -0.25) is 4.57 Å².